The highest BCUT2D eigenvalue weighted by atomic mass is 16.2. The van der Waals surface area contributed by atoms with Crippen molar-refractivity contribution in [2.75, 3.05) is 0 Å². The minimum Gasteiger partial charge on any atom is -0.344 e. The number of hydrogen-bond donors (Lipinski definition) is 1. The molecule has 134 valence electrons. The number of rotatable bonds is 4. The molecule has 1 N–H and O–H groups in total. The van der Waals surface area contributed by atoms with Crippen molar-refractivity contribution in [1.29, 1.82) is 0 Å². The Bertz CT molecular complexity index is 799. The van der Waals surface area contributed by atoms with Gasteiger partial charge in [0.25, 0.3) is 11.5 Å². The van der Waals surface area contributed by atoms with E-state index in [0.29, 0.717) is 0 Å². The summed E-state index contributed by atoms with van der Waals surface area (Å²) in [5, 5.41) is 7.05. The van der Waals surface area contributed by atoms with Crippen molar-refractivity contribution in [3.05, 3.63) is 63.6 Å². The molecule has 0 aliphatic heterocycles. The first-order valence-corrected chi connectivity index (χ1v) is 8.55. The van der Waals surface area contributed by atoms with Gasteiger partial charge in [0.1, 0.15) is 5.69 Å². The maximum atomic E-state index is 12.5. The molecule has 1 amide bonds. The summed E-state index contributed by atoms with van der Waals surface area (Å²) in [5.74, 6) is -0.0637. The van der Waals surface area contributed by atoms with Crippen molar-refractivity contribution in [1.82, 2.24) is 15.1 Å². The fraction of sp³-hybridized carbons (Fsp3) is 0.450. The topological polar surface area (TPSA) is 64.0 Å². The molecule has 0 aliphatic rings. The molecule has 1 heterocycles. The molecule has 5 heteroatoms. The molecule has 5 nitrogen and oxygen atoms in total. The fourth-order valence-electron chi connectivity index (χ4n) is 2.66. The molecule has 1 atom stereocenters. The Labute approximate surface area is 149 Å². The summed E-state index contributed by atoms with van der Waals surface area (Å²) < 4.78 is 1.16. The summed E-state index contributed by atoms with van der Waals surface area (Å²) in [6, 6.07) is 11.0. The summed E-state index contributed by atoms with van der Waals surface area (Å²) in [6.45, 7) is 10.7. The van der Waals surface area contributed by atoms with E-state index in [9.17, 15) is 9.59 Å². The van der Waals surface area contributed by atoms with Gasteiger partial charge >= 0.3 is 0 Å². The molecule has 1 aromatic heterocycles. The molecule has 0 saturated heterocycles. The number of hydrogen-bond acceptors (Lipinski definition) is 3. The van der Waals surface area contributed by atoms with Crippen molar-refractivity contribution < 1.29 is 4.79 Å². The molecule has 0 unspecified atom stereocenters. The lowest BCUT2D eigenvalue weighted by Crippen LogP contribution is -2.34. The van der Waals surface area contributed by atoms with E-state index >= 15 is 0 Å². The van der Waals surface area contributed by atoms with Gasteiger partial charge in [-0.2, -0.15) is 5.10 Å². The zero-order valence-electron chi connectivity index (χ0n) is 15.8. The molecule has 2 aromatic rings. The first-order valence-electron chi connectivity index (χ1n) is 8.55. The molecule has 0 radical (unpaired) electrons. The lowest BCUT2D eigenvalue weighted by molar-refractivity contribution is 0.0918. The molecule has 1 aromatic carbocycles. The molecular formula is C20H27N3O2. The average Bonchev–Trinajstić information content (AvgIpc) is 2.54. The quantitative estimate of drug-likeness (QED) is 0.929. The van der Waals surface area contributed by atoms with Crippen LogP contribution in [0.3, 0.4) is 0 Å². The monoisotopic (exact) mass is 341 g/mol. The highest BCUT2D eigenvalue weighted by molar-refractivity contribution is 5.92. The van der Waals surface area contributed by atoms with Crippen LogP contribution in [-0.4, -0.2) is 15.7 Å². The van der Waals surface area contributed by atoms with Gasteiger partial charge in [-0.1, -0.05) is 58.9 Å². The minimum absolute atomic E-state index is 0.0911. The van der Waals surface area contributed by atoms with E-state index in [0.717, 1.165) is 10.2 Å². The average molecular weight is 341 g/mol. The van der Waals surface area contributed by atoms with Crippen molar-refractivity contribution in [2.24, 2.45) is 13.0 Å². The Balaban J connectivity index is 2.24. The normalized spacial score (nSPS) is 12.9. The van der Waals surface area contributed by atoms with Crippen LogP contribution in [0.2, 0.25) is 0 Å². The zero-order valence-corrected chi connectivity index (χ0v) is 15.8. The molecular weight excluding hydrogens is 314 g/mol. The molecule has 0 saturated carbocycles. The van der Waals surface area contributed by atoms with Gasteiger partial charge in [0.15, 0.2) is 0 Å². The van der Waals surface area contributed by atoms with Crippen LogP contribution in [0.5, 0.6) is 0 Å². The second-order valence-corrected chi connectivity index (χ2v) is 7.75. The lowest BCUT2D eigenvalue weighted by Gasteiger charge is -2.25. The van der Waals surface area contributed by atoms with Crippen LogP contribution in [-0.2, 0) is 12.5 Å². The third-order valence-corrected chi connectivity index (χ3v) is 4.28. The number of carbonyl (C=O) groups excluding carboxylic acids is 1. The maximum Gasteiger partial charge on any atom is 0.272 e. The van der Waals surface area contributed by atoms with Gasteiger partial charge in [-0.15, -0.1) is 0 Å². The maximum absolute atomic E-state index is 12.5. The Morgan fingerprint density at radius 1 is 1.08 bits per heavy atom. The van der Waals surface area contributed by atoms with Gasteiger partial charge in [-0.25, -0.2) is 4.68 Å². The summed E-state index contributed by atoms with van der Waals surface area (Å²) in [5.41, 5.74) is 2.40. The van der Waals surface area contributed by atoms with E-state index < -0.39 is 0 Å². The van der Waals surface area contributed by atoms with E-state index in [2.05, 4.69) is 69.3 Å². The van der Waals surface area contributed by atoms with Crippen molar-refractivity contribution in [3.8, 4) is 0 Å². The SMILES string of the molecule is CC(C)[C@@H](NC(=O)c1ccc(=O)n(C)n1)c1ccc(C(C)(C)C)cc1. The van der Waals surface area contributed by atoms with Crippen LogP contribution < -0.4 is 10.9 Å². The third kappa shape index (κ3) is 4.56. The fourth-order valence-corrected chi connectivity index (χ4v) is 2.66. The summed E-state index contributed by atoms with van der Waals surface area (Å²) >= 11 is 0. The first-order chi connectivity index (χ1) is 11.6. The summed E-state index contributed by atoms with van der Waals surface area (Å²) in [6.07, 6.45) is 0. The van der Waals surface area contributed by atoms with Crippen LogP contribution in [0.1, 0.15) is 62.3 Å². The Kier molecular flexibility index (Phi) is 5.45. The van der Waals surface area contributed by atoms with Gasteiger partial charge in [-0.05, 0) is 28.5 Å². The summed E-state index contributed by atoms with van der Waals surface area (Å²) in [4.78, 5) is 24.0. The van der Waals surface area contributed by atoms with Crippen LogP contribution >= 0.6 is 0 Å². The number of benzene rings is 1. The van der Waals surface area contributed by atoms with Gasteiger partial charge in [0.2, 0.25) is 0 Å². The molecule has 2 rings (SSSR count). The Morgan fingerprint density at radius 2 is 1.68 bits per heavy atom. The van der Waals surface area contributed by atoms with Crippen molar-refractivity contribution in [3.63, 3.8) is 0 Å². The van der Waals surface area contributed by atoms with Gasteiger partial charge in [0.05, 0.1) is 6.04 Å². The molecule has 0 fully saturated rings. The molecule has 25 heavy (non-hydrogen) atoms. The number of carbonyl (C=O) groups is 1. The number of nitrogens with one attached hydrogen (secondary N) is 1. The second-order valence-electron chi connectivity index (χ2n) is 7.75. The smallest absolute Gasteiger partial charge is 0.272 e. The number of nitrogens with zero attached hydrogens (tertiary/aromatic N) is 2. The van der Waals surface area contributed by atoms with E-state index in [1.165, 1.54) is 24.7 Å². The highest BCUT2D eigenvalue weighted by Crippen LogP contribution is 2.26. The van der Waals surface area contributed by atoms with Gasteiger partial charge in [0, 0.05) is 13.1 Å². The van der Waals surface area contributed by atoms with Crippen LogP contribution in [0, 0.1) is 5.92 Å². The number of amides is 1. The highest BCUT2D eigenvalue weighted by Gasteiger charge is 2.21. The predicted molar refractivity (Wildman–Crippen MR) is 99.7 cm³/mol. The van der Waals surface area contributed by atoms with Crippen molar-refractivity contribution >= 4 is 5.91 Å². The van der Waals surface area contributed by atoms with E-state index in [1.807, 2.05) is 0 Å². The van der Waals surface area contributed by atoms with Crippen LogP contribution in [0.4, 0.5) is 0 Å². The molecule has 0 aliphatic carbocycles. The van der Waals surface area contributed by atoms with Crippen LogP contribution in [0.25, 0.3) is 0 Å². The van der Waals surface area contributed by atoms with Crippen LogP contribution in [0.15, 0.2) is 41.2 Å². The molecule has 0 spiro atoms. The molecule has 0 bridgehead atoms. The van der Waals surface area contributed by atoms with E-state index in [-0.39, 0.29) is 34.5 Å². The van der Waals surface area contributed by atoms with Gasteiger partial charge in [-0.3, -0.25) is 9.59 Å². The lowest BCUT2D eigenvalue weighted by atomic mass is 9.85. The van der Waals surface area contributed by atoms with E-state index in [4.69, 9.17) is 0 Å². The number of aryl methyl sites for hydroxylation is 1. The van der Waals surface area contributed by atoms with Gasteiger partial charge < -0.3 is 5.32 Å². The second kappa shape index (κ2) is 7.21. The Hall–Kier alpha value is -2.43. The first kappa shape index (κ1) is 18.9. The van der Waals surface area contributed by atoms with Crippen molar-refractivity contribution in [2.45, 2.75) is 46.1 Å². The zero-order chi connectivity index (χ0) is 18.8. The predicted octanol–water partition coefficient (Wildman–Crippen LogP) is 3.20. The number of aromatic nitrogens is 2. The largest absolute Gasteiger partial charge is 0.344 e. The van der Waals surface area contributed by atoms with E-state index in [1.54, 1.807) is 0 Å². The standard InChI is InChI=1S/C20H27N3O2/c1-13(2)18(14-7-9-15(10-8-14)20(3,4)5)21-19(25)16-11-12-17(24)23(6)22-16/h7-13,18H,1-6H3,(H,21,25)/t18-/m1/s1. The minimum atomic E-state index is -0.283. The summed E-state index contributed by atoms with van der Waals surface area (Å²) in [7, 11) is 1.53. The third-order valence-electron chi connectivity index (χ3n) is 4.28. The Morgan fingerprint density at radius 3 is 2.16 bits per heavy atom.